The largest absolute Gasteiger partial charge is 0.330 e. The third kappa shape index (κ3) is 5.72. The maximum absolute atomic E-state index is 11.4. The highest BCUT2D eigenvalue weighted by Crippen LogP contribution is 2.09. The predicted molar refractivity (Wildman–Crippen MR) is 55.6 cm³/mol. The quantitative estimate of drug-likeness (QED) is 0.663. The van der Waals surface area contributed by atoms with Gasteiger partial charge in [0.1, 0.15) is 0 Å². The van der Waals surface area contributed by atoms with E-state index in [1.54, 1.807) is 0 Å². The molecule has 0 saturated carbocycles. The summed E-state index contributed by atoms with van der Waals surface area (Å²) in [6.45, 7) is 4.98. The molecule has 0 bridgehead atoms. The second-order valence-electron chi connectivity index (χ2n) is 3.14. The topological polar surface area (TPSA) is 43.1 Å². The Bertz CT molecular complexity index is 124. The van der Waals surface area contributed by atoms with Crippen molar-refractivity contribution in [3.05, 3.63) is 0 Å². The minimum Gasteiger partial charge on any atom is -0.330 e. The molecular formula is C9H21NOS. The van der Waals surface area contributed by atoms with Gasteiger partial charge in [-0.2, -0.15) is 0 Å². The Hall–Kier alpha value is 0.110. The van der Waals surface area contributed by atoms with E-state index in [4.69, 9.17) is 5.73 Å². The molecule has 0 spiro atoms. The zero-order valence-corrected chi connectivity index (χ0v) is 9.03. The lowest BCUT2D eigenvalue weighted by atomic mass is 10.1. The van der Waals surface area contributed by atoms with Crippen molar-refractivity contribution >= 4 is 10.8 Å². The first kappa shape index (κ1) is 12.1. The molecule has 0 fully saturated rings. The van der Waals surface area contributed by atoms with Crippen molar-refractivity contribution in [3.8, 4) is 0 Å². The van der Waals surface area contributed by atoms with Gasteiger partial charge in [0.05, 0.1) is 0 Å². The van der Waals surface area contributed by atoms with Crippen molar-refractivity contribution in [3.63, 3.8) is 0 Å². The molecule has 0 aliphatic carbocycles. The van der Waals surface area contributed by atoms with Crippen molar-refractivity contribution in [1.82, 2.24) is 0 Å². The fraction of sp³-hybridized carbons (Fsp3) is 1.00. The first-order valence-corrected chi connectivity index (χ1v) is 6.28. The average molecular weight is 191 g/mol. The van der Waals surface area contributed by atoms with E-state index in [1.807, 2.05) is 0 Å². The van der Waals surface area contributed by atoms with Crippen LogP contribution < -0.4 is 5.73 Å². The van der Waals surface area contributed by atoms with Gasteiger partial charge >= 0.3 is 0 Å². The summed E-state index contributed by atoms with van der Waals surface area (Å²) in [6.07, 6.45) is 3.18. The summed E-state index contributed by atoms with van der Waals surface area (Å²) >= 11 is 0. The van der Waals surface area contributed by atoms with Crippen LogP contribution in [0.4, 0.5) is 0 Å². The molecule has 1 unspecified atom stereocenters. The van der Waals surface area contributed by atoms with Gasteiger partial charge in [-0.3, -0.25) is 4.21 Å². The molecule has 0 aliphatic rings. The van der Waals surface area contributed by atoms with E-state index in [0.29, 0.717) is 12.5 Å². The van der Waals surface area contributed by atoms with Gasteiger partial charge in [0, 0.05) is 22.3 Å². The van der Waals surface area contributed by atoms with Gasteiger partial charge in [-0.1, -0.05) is 26.7 Å². The van der Waals surface area contributed by atoms with Gasteiger partial charge < -0.3 is 5.73 Å². The molecule has 0 radical (unpaired) electrons. The summed E-state index contributed by atoms with van der Waals surface area (Å²) in [7, 11) is -0.630. The van der Waals surface area contributed by atoms with Crippen LogP contribution in [0.2, 0.25) is 0 Å². The van der Waals surface area contributed by atoms with Crippen LogP contribution >= 0.6 is 0 Å². The predicted octanol–water partition coefficient (Wildman–Crippen LogP) is 1.52. The zero-order chi connectivity index (χ0) is 9.40. The molecule has 0 amide bonds. The van der Waals surface area contributed by atoms with Crippen molar-refractivity contribution < 1.29 is 4.21 Å². The standard InChI is InChI=1S/C9H21NOS/c1-3-9(4-2)8-12(11)7-5-6-10/h9H,3-8,10H2,1-2H3. The van der Waals surface area contributed by atoms with E-state index < -0.39 is 10.8 Å². The molecule has 0 aromatic rings. The molecule has 0 heterocycles. The summed E-state index contributed by atoms with van der Waals surface area (Å²) in [5.41, 5.74) is 5.34. The number of hydrogen-bond acceptors (Lipinski definition) is 2. The molecule has 0 aromatic carbocycles. The molecule has 0 rings (SSSR count). The van der Waals surface area contributed by atoms with E-state index in [2.05, 4.69) is 13.8 Å². The Morgan fingerprint density at radius 2 is 1.92 bits per heavy atom. The smallest absolute Gasteiger partial charge is 0.0262 e. The van der Waals surface area contributed by atoms with Crippen LogP contribution in [-0.2, 0) is 10.8 Å². The van der Waals surface area contributed by atoms with Gasteiger partial charge in [0.2, 0.25) is 0 Å². The zero-order valence-electron chi connectivity index (χ0n) is 8.21. The Kier molecular flexibility index (Phi) is 7.81. The third-order valence-electron chi connectivity index (χ3n) is 2.15. The van der Waals surface area contributed by atoms with Gasteiger partial charge in [-0.25, -0.2) is 0 Å². The Morgan fingerprint density at radius 1 is 1.33 bits per heavy atom. The van der Waals surface area contributed by atoms with E-state index >= 15 is 0 Å². The highest BCUT2D eigenvalue weighted by Gasteiger charge is 2.07. The number of nitrogens with two attached hydrogens (primary N) is 1. The van der Waals surface area contributed by atoms with Crippen LogP contribution in [-0.4, -0.2) is 22.3 Å². The number of hydrogen-bond donors (Lipinski definition) is 1. The number of rotatable bonds is 7. The average Bonchev–Trinajstić information content (AvgIpc) is 2.10. The van der Waals surface area contributed by atoms with E-state index in [0.717, 1.165) is 30.8 Å². The lowest BCUT2D eigenvalue weighted by molar-refractivity contribution is 0.544. The lowest BCUT2D eigenvalue weighted by Crippen LogP contribution is -2.14. The fourth-order valence-corrected chi connectivity index (χ4v) is 2.77. The second kappa shape index (κ2) is 7.74. The highest BCUT2D eigenvalue weighted by atomic mass is 32.2. The second-order valence-corrected chi connectivity index (χ2v) is 4.76. The van der Waals surface area contributed by atoms with Crippen molar-refractivity contribution in [2.24, 2.45) is 11.7 Å². The Balaban J connectivity index is 3.52. The van der Waals surface area contributed by atoms with E-state index in [-0.39, 0.29) is 0 Å². The Labute approximate surface area is 78.4 Å². The molecule has 2 nitrogen and oxygen atoms in total. The summed E-state index contributed by atoms with van der Waals surface area (Å²) in [6, 6.07) is 0. The molecule has 3 heteroatoms. The van der Waals surface area contributed by atoms with E-state index in [9.17, 15) is 4.21 Å². The SMILES string of the molecule is CCC(CC)CS(=O)CCCN. The summed E-state index contributed by atoms with van der Waals surface area (Å²) < 4.78 is 11.4. The van der Waals surface area contributed by atoms with Crippen LogP contribution in [0, 0.1) is 5.92 Å². The van der Waals surface area contributed by atoms with E-state index in [1.165, 1.54) is 0 Å². The summed E-state index contributed by atoms with van der Waals surface area (Å²) in [4.78, 5) is 0. The Morgan fingerprint density at radius 3 is 2.33 bits per heavy atom. The maximum atomic E-state index is 11.4. The molecule has 12 heavy (non-hydrogen) atoms. The van der Waals surface area contributed by atoms with Crippen molar-refractivity contribution in [2.45, 2.75) is 33.1 Å². The van der Waals surface area contributed by atoms with Crippen LogP contribution in [0.1, 0.15) is 33.1 Å². The van der Waals surface area contributed by atoms with Gasteiger partial charge in [0.15, 0.2) is 0 Å². The highest BCUT2D eigenvalue weighted by molar-refractivity contribution is 7.84. The van der Waals surface area contributed by atoms with Gasteiger partial charge in [-0.15, -0.1) is 0 Å². The van der Waals surface area contributed by atoms with Crippen molar-refractivity contribution in [1.29, 1.82) is 0 Å². The van der Waals surface area contributed by atoms with Crippen LogP contribution in [0.5, 0.6) is 0 Å². The molecule has 0 aromatic heterocycles. The summed E-state index contributed by atoms with van der Waals surface area (Å²) in [5, 5.41) is 0. The van der Waals surface area contributed by atoms with Crippen molar-refractivity contribution in [2.75, 3.05) is 18.1 Å². The fourth-order valence-electron chi connectivity index (χ4n) is 1.11. The minimum absolute atomic E-state index is 0.630. The molecule has 74 valence electrons. The van der Waals surface area contributed by atoms with Crippen LogP contribution in [0.25, 0.3) is 0 Å². The summed E-state index contributed by atoms with van der Waals surface area (Å²) in [5.74, 6) is 2.30. The molecule has 0 aliphatic heterocycles. The first-order chi connectivity index (χ1) is 5.74. The normalized spacial score (nSPS) is 13.7. The van der Waals surface area contributed by atoms with Crippen LogP contribution in [0.3, 0.4) is 0 Å². The molecular weight excluding hydrogens is 170 g/mol. The molecule has 2 N–H and O–H groups in total. The molecule has 0 saturated heterocycles. The van der Waals surface area contributed by atoms with Gasteiger partial charge in [0.25, 0.3) is 0 Å². The maximum Gasteiger partial charge on any atom is 0.0262 e. The lowest BCUT2D eigenvalue weighted by Gasteiger charge is -2.10. The van der Waals surface area contributed by atoms with Crippen LogP contribution in [0.15, 0.2) is 0 Å². The monoisotopic (exact) mass is 191 g/mol. The van der Waals surface area contributed by atoms with Gasteiger partial charge in [-0.05, 0) is 18.9 Å². The third-order valence-corrected chi connectivity index (χ3v) is 3.74. The molecule has 1 atom stereocenters. The minimum atomic E-state index is -0.630. The first-order valence-electron chi connectivity index (χ1n) is 4.79.